The summed E-state index contributed by atoms with van der Waals surface area (Å²) in [6.45, 7) is 0. The zero-order valence-corrected chi connectivity index (χ0v) is 10.0. The summed E-state index contributed by atoms with van der Waals surface area (Å²) < 4.78 is 38.6. The Morgan fingerprint density at radius 1 is 1.32 bits per heavy atom. The van der Waals surface area contributed by atoms with Gasteiger partial charge < -0.3 is 10.8 Å². The van der Waals surface area contributed by atoms with Gasteiger partial charge in [0.25, 0.3) is 0 Å². The Labute approximate surface area is 109 Å². The standard InChI is InChI=1S/C11H7F3N2O2S/c12-11(13,14)6-4-2-1-3-5(6)8-7(9(17)18)16-10(15)19-8/h1-4H,(H2,15,16)(H,17,18). The summed E-state index contributed by atoms with van der Waals surface area (Å²) in [5, 5.41) is 8.85. The van der Waals surface area contributed by atoms with Crippen LogP contribution in [-0.4, -0.2) is 16.1 Å². The first kappa shape index (κ1) is 13.3. The Bertz CT molecular complexity index is 637. The van der Waals surface area contributed by atoms with E-state index in [0.29, 0.717) is 11.3 Å². The van der Waals surface area contributed by atoms with E-state index in [1.165, 1.54) is 18.2 Å². The maximum atomic E-state index is 12.9. The molecular weight excluding hydrogens is 281 g/mol. The molecule has 4 nitrogen and oxygen atoms in total. The fourth-order valence-corrected chi connectivity index (χ4v) is 2.46. The Morgan fingerprint density at radius 2 is 1.95 bits per heavy atom. The summed E-state index contributed by atoms with van der Waals surface area (Å²) in [6, 6.07) is 4.71. The first-order chi connectivity index (χ1) is 8.80. The van der Waals surface area contributed by atoms with Crippen LogP contribution in [0.25, 0.3) is 10.4 Å². The zero-order chi connectivity index (χ0) is 14.2. The molecule has 3 N–H and O–H groups in total. The van der Waals surface area contributed by atoms with Crippen LogP contribution < -0.4 is 5.73 Å². The molecule has 1 aromatic heterocycles. The second-order valence-corrected chi connectivity index (χ2v) is 4.61. The van der Waals surface area contributed by atoms with E-state index in [1.54, 1.807) is 0 Å². The van der Waals surface area contributed by atoms with Crippen molar-refractivity contribution in [2.75, 3.05) is 5.73 Å². The van der Waals surface area contributed by atoms with E-state index >= 15 is 0 Å². The number of carboxylic acids is 1. The van der Waals surface area contributed by atoms with Crippen LogP contribution in [0.4, 0.5) is 18.3 Å². The number of alkyl halides is 3. The topological polar surface area (TPSA) is 76.2 Å². The van der Waals surface area contributed by atoms with Crippen LogP contribution in [0, 0.1) is 0 Å². The average molecular weight is 288 g/mol. The predicted molar refractivity (Wildman–Crippen MR) is 63.9 cm³/mol. The summed E-state index contributed by atoms with van der Waals surface area (Å²) in [6.07, 6.45) is -4.58. The third-order valence-corrected chi connectivity index (χ3v) is 3.24. The molecule has 0 saturated heterocycles. The maximum absolute atomic E-state index is 12.9. The number of aromatic nitrogens is 1. The van der Waals surface area contributed by atoms with Gasteiger partial charge in [-0.05, 0) is 6.07 Å². The fourth-order valence-electron chi connectivity index (χ4n) is 1.59. The molecule has 2 aromatic rings. The van der Waals surface area contributed by atoms with Crippen LogP contribution in [0.2, 0.25) is 0 Å². The molecule has 0 aliphatic heterocycles. The highest BCUT2D eigenvalue weighted by Crippen LogP contribution is 2.40. The molecule has 0 amide bonds. The van der Waals surface area contributed by atoms with Crippen LogP contribution in [0.1, 0.15) is 16.1 Å². The highest BCUT2D eigenvalue weighted by molar-refractivity contribution is 7.19. The molecule has 1 heterocycles. The number of aromatic carboxylic acids is 1. The van der Waals surface area contributed by atoms with Gasteiger partial charge in [-0.2, -0.15) is 13.2 Å². The molecule has 100 valence electrons. The SMILES string of the molecule is Nc1nc(C(=O)O)c(-c2ccccc2C(F)(F)F)s1. The third-order valence-electron chi connectivity index (χ3n) is 2.32. The van der Waals surface area contributed by atoms with Gasteiger partial charge in [-0.15, -0.1) is 0 Å². The maximum Gasteiger partial charge on any atom is 0.417 e. The first-order valence-electron chi connectivity index (χ1n) is 4.97. The van der Waals surface area contributed by atoms with Gasteiger partial charge in [0.05, 0.1) is 10.4 Å². The quantitative estimate of drug-likeness (QED) is 0.890. The van der Waals surface area contributed by atoms with Crippen molar-refractivity contribution in [2.24, 2.45) is 0 Å². The monoisotopic (exact) mass is 288 g/mol. The highest BCUT2D eigenvalue weighted by Gasteiger charge is 2.35. The van der Waals surface area contributed by atoms with Crippen LogP contribution >= 0.6 is 11.3 Å². The number of benzene rings is 1. The Morgan fingerprint density at radius 3 is 2.53 bits per heavy atom. The lowest BCUT2D eigenvalue weighted by Crippen LogP contribution is -2.08. The Kier molecular flexibility index (Phi) is 3.19. The molecule has 0 radical (unpaired) electrons. The van der Waals surface area contributed by atoms with E-state index in [2.05, 4.69) is 4.98 Å². The van der Waals surface area contributed by atoms with Crippen LogP contribution in [0.5, 0.6) is 0 Å². The van der Waals surface area contributed by atoms with Crippen molar-refractivity contribution >= 4 is 22.4 Å². The van der Waals surface area contributed by atoms with Crippen LogP contribution in [-0.2, 0) is 6.18 Å². The van der Waals surface area contributed by atoms with Gasteiger partial charge >= 0.3 is 12.1 Å². The largest absolute Gasteiger partial charge is 0.476 e. The van der Waals surface area contributed by atoms with Crippen molar-refractivity contribution in [3.05, 3.63) is 35.5 Å². The minimum Gasteiger partial charge on any atom is -0.476 e. The lowest BCUT2D eigenvalue weighted by atomic mass is 10.0. The number of nitrogens with two attached hydrogens (primary N) is 1. The van der Waals surface area contributed by atoms with E-state index in [9.17, 15) is 18.0 Å². The van der Waals surface area contributed by atoms with Gasteiger partial charge in [0.2, 0.25) is 0 Å². The molecule has 0 spiro atoms. The fraction of sp³-hybridized carbons (Fsp3) is 0.0909. The molecule has 0 saturated carbocycles. The van der Waals surface area contributed by atoms with Gasteiger partial charge in [-0.1, -0.05) is 29.5 Å². The average Bonchev–Trinajstić information content (AvgIpc) is 2.70. The van der Waals surface area contributed by atoms with Gasteiger partial charge in [0.15, 0.2) is 10.8 Å². The van der Waals surface area contributed by atoms with Crippen molar-refractivity contribution in [1.82, 2.24) is 4.98 Å². The van der Waals surface area contributed by atoms with E-state index < -0.39 is 23.4 Å². The Balaban J connectivity index is 2.70. The number of halogens is 3. The molecule has 0 atom stereocenters. The van der Waals surface area contributed by atoms with Crippen LogP contribution in [0.15, 0.2) is 24.3 Å². The summed E-state index contributed by atoms with van der Waals surface area (Å²) in [4.78, 5) is 14.4. The number of nitrogens with zero attached hydrogens (tertiary/aromatic N) is 1. The molecule has 0 bridgehead atoms. The summed E-state index contributed by atoms with van der Waals surface area (Å²) in [5.41, 5.74) is 3.75. The van der Waals surface area contributed by atoms with Gasteiger partial charge in [-0.25, -0.2) is 9.78 Å². The molecule has 1 aromatic carbocycles. The number of hydrogen-bond donors (Lipinski definition) is 2. The van der Waals surface area contributed by atoms with Gasteiger partial charge in [0.1, 0.15) is 0 Å². The lowest BCUT2D eigenvalue weighted by molar-refractivity contribution is -0.137. The van der Waals surface area contributed by atoms with E-state index in [1.807, 2.05) is 0 Å². The molecule has 0 unspecified atom stereocenters. The minimum absolute atomic E-state index is 0.0932. The van der Waals surface area contributed by atoms with Gasteiger partial charge in [-0.3, -0.25) is 0 Å². The lowest BCUT2D eigenvalue weighted by Gasteiger charge is -2.11. The van der Waals surface area contributed by atoms with Crippen molar-refractivity contribution in [2.45, 2.75) is 6.18 Å². The van der Waals surface area contributed by atoms with Crippen molar-refractivity contribution in [1.29, 1.82) is 0 Å². The zero-order valence-electron chi connectivity index (χ0n) is 9.23. The number of thiazole rings is 1. The summed E-state index contributed by atoms with van der Waals surface area (Å²) in [5.74, 6) is -1.42. The number of carboxylic acid groups (broad SMARTS) is 1. The normalized spacial score (nSPS) is 11.5. The smallest absolute Gasteiger partial charge is 0.417 e. The number of nitrogen functional groups attached to an aromatic ring is 1. The molecule has 0 aliphatic carbocycles. The molecule has 2 rings (SSSR count). The molecular formula is C11H7F3N2O2S. The summed E-state index contributed by atoms with van der Waals surface area (Å²) >= 11 is 0.712. The molecule has 8 heteroatoms. The molecule has 0 aliphatic rings. The second kappa shape index (κ2) is 4.54. The van der Waals surface area contributed by atoms with Crippen molar-refractivity contribution in [3.63, 3.8) is 0 Å². The third kappa shape index (κ3) is 2.53. The summed E-state index contributed by atoms with van der Waals surface area (Å²) in [7, 11) is 0. The van der Waals surface area contributed by atoms with Gasteiger partial charge in [0, 0.05) is 5.56 Å². The Hall–Kier alpha value is -2.09. The van der Waals surface area contributed by atoms with Crippen molar-refractivity contribution < 1.29 is 23.1 Å². The first-order valence-corrected chi connectivity index (χ1v) is 5.78. The van der Waals surface area contributed by atoms with E-state index in [0.717, 1.165) is 6.07 Å². The van der Waals surface area contributed by atoms with E-state index in [-0.39, 0.29) is 15.6 Å². The molecule has 19 heavy (non-hydrogen) atoms. The van der Waals surface area contributed by atoms with E-state index in [4.69, 9.17) is 10.8 Å². The number of hydrogen-bond acceptors (Lipinski definition) is 4. The minimum atomic E-state index is -4.58. The number of anilines is 1. The predicted octanol–water partition coefficient (Wildman–Crippen LogP) is 3.11. The highest BCUT2D eigenvalue weighted by atomic mass is 32.1. The molecule has 0 fully saturated rings. The number of carbonyl (C=O) groups is 1. The van der Waals surface area contributed by atoms with Crippen molar-refractivity contribution in [3.8, 4) is 10.4 Å². The van der Waals surface area contributed by atoms with Crippen LogP contribution in [0.3, 0.4) is 0 Å². The number of rotatable bonds is 2. The second-order valence-electron chi connectivity index (χ2n) is 3.58.